The lowest BCUT2D eigenvalue weighted by Crippen LogP contribution is -2.18. The first kappa shape index (κ1) is 11.8. The summed E-state index contributed by atoms with van der Waals surface area (Å²) in [6, 6.07) is 5.82. The number of hydrogen-bond acceptors (Lipinski definition) is 3. The Bertz CT molecular complexity index is 404. The third kappa shape index (κ3) is 2.92. The van der Waals surface area contributed by atoms with Gasteiger partial charge in [-0.05, 0) is 36.6 Å². The summed E-state index contributed by atoms with van der Waals surface area (Å²) < 4.78 is 3.28. The molecule has 0 unspecified atom stereocenters. The lowest BCUT2D eigenvalue weighted by molar-refractivity contribution is 0.738. The number of hydrogen-bond donors (Lipinski definition) is 1. The molecule has 1 aliphatic rings. The van der Waals surface area contributed by atoms with E-state index in [4.69, 9.17) is 11.6 Å². The monoisotopic (exact) mass is 254 g/mol. The van der Waals surface area contributed by atoms with Gasteiger partial charge in [0, 0.05) is 11.4 Å². The molecule has 0 saturated carbocycles. The van der Waals surface area contributed by atoms with E-state index in [9.17, 15) is 0 Å². The third-order valence-electron chi connectivity index (χ3n) is 2.47. The molecular formula is C12H15ClN2S. The van der Waals surface area contributed by atoms with Gasteiger partial charge in [-0.1, -0.05) is 31.4 Å². The number of nitrogens with one attached hydrogen (secondary N) is 1. The number of halogens is 1. The van der Waals surface area contributed by atoms with Crippen LogP contribution in [-0.4, -0.2) is 5.84 Å². The molecule has 0 saturated heterocycles. The molecule has 0 radical (unpaired) electrons. The van der Waals surface area contributed by atoms with Gasteiger partial charge in [-0.2, -0.15) is 0 Å². The SMILES string of the molecule is CCCCCC1=Nc2cc(Cl)ccc2SN1. The molecule has 0 spiro atoms. The normalized spacial score (nSPS) is 14.0. The first-order valence-electron chi connectivity index (χ1n) is 5.59. The fourth-order valence-electron chi connectivity index (χ4n) is 1.60. The van der Waals surface area contributed by atoms with E-state index in [1.54, 1.807) is 11.9 Å². The fraction of sp³-hybridized carbons (Fsp3) is 0.417. The van der Waals surface area contributed by atoms with E-state index in [2.05, 4.69) is 16.6 Å². The molecule has 2 rings (SSSR count). The summed E-state index contributed by atoms with van der Waals surface area (Å²) in [5, 5.41) is 0.748. The van der Waals surface area contributed by atoms with E-state index in [1.807, 2.05) is 18.2 Å². The van der Waals surface area contributed by atoms with Gasteiger partial charge >= 0.3 is 0 Å². The Morgan fingerprint density at radius 2 is 2.25 bits per heavy atom. The highest BCUT2D eigenvalue weighted by atomic mass is 35.5. The summed E-state index contributed by atoms with van der Waals surface area (Å²) in [6.07, 6.45) is 4.71. The molecule has 2 nitrogen and oxygen atoms in total. The fourth-order valence-corrected chi connectivity index (χ4v) is 2.48. The summed E-state index contributed by atoms with van der Waals surface area (Å²) in [4.78, 5) is 5.72. The maximum Gasteiger partial charge on any atom is 0.112 e. The molecule has 1 heterocycles. The van der Waals surface area contributed by atoms with Crippen LogP contribution in [0.4, 0.5) is 5.69 Å². The van der Waals surface area contributed by atoms with Crippen molar-refractivity contribution in [3.8, 4) is 0 Å². The predicted molar refractivity (Wildman–Crippen MR) is 71.7 cm³/mol. The van der Waals surface area contributed by atoms with Crippen LogP contribution >= 0.6 is 23.5 Å². The molecule has 0 aliphatic carbocycles. The van der Waals surface area contributed by atoms with Crippen molar-refractivity contribution in [3.63, 3.8) is 0 Å². The molecule has 1 aromatic rings. The van der Waals surface area contributed by atoms with Gasteiger partial charge in [-0.3, -0.25) is 0 Å². The second-order valence-corrected chi connectivity index (χ2v) is 5.12. The summed E-state index contributed by atoms with van der Waals surface area (Å²) >= 11 is 7.58. The van der Waals surface area contributed by atoms with Crippen molar-refractivity contribution in [1.82, 2.24) is 4.72 Å². The molecule has 1 aliphatic heterocycles. The zero-order valence-electron chi connectivity index (χ0n) is 9.29. The average Bonchev–Trinajstić information content (AvgIpc) is 2.29. The van der Waals surface area contributed by atoms with Crippen LogP contribution in [0, 0.1) is 0 Å². The molecule has 0 amide bonds. The highest BCUT2D eigenvalue weighted by Crippen LogP contribution is 2.33. The Balaban J connectivity index is 2.08. The molecule has 86 valence electrons. The van der Waals surface area contributed by atoms with Crippen molar-refractivity contribution in [2.75, 3.05) is 0 Å². The average molecular weight is 255 g/mol. The summed E-state index contributed by atoms with van der Waals surface area (Å²) in [7, 11) is 0. The van der Waals surface area contributed by atoms with Gasteiger partial charge in [0.1, 0.15) is 5.84 Å². The number of nitrogens with zero attached hydrogens (tertiary/aromatic N) is 1. The number of fused-ring (bicyclic) bond motifs is 1. The Hall–Kier alpha value is -0.670. The van der Waals surface area contributed by atoms with Crippen molar-refractivity contribution in [3.05, 3.63) is 23.2 Å². The maximum atomic E-state index is 5.95. The Kier molecular flexibility index (Phi) is 4.13. The predicted octanol–water partition coefficient (Wildman–Crippen LogP) is 4.56. The van der Waals surface area contributed by atoms with Gasteiger partial charge < -0.3 is 4.72 Å². The number of unbranched alkanes of at least 4 members (excludes halogenated alkanes) is 2. The standard InChI is InChI=1S/C12H15ClN2S/c1-2-3-4-5-12-14-10-8-9(13)6-7-11(10)16-15-12/h6-8H,2-5H2,1H3,(H,14,15). The van der Waals surface area contributed by atoms with Crippen LogP contribution in [0.1, 0.15) is 32.6 Å². The number of aliphatic imine (C=N–C) groups is 1. The highest BCUT2D eigenvalue weighted by Gasteiger charge is 2.11. The molecule has 0 fully saturated rings. The first-order valence-corrected chi connectivity index (χ1v) is 6.79. The Morgan fingerprint density at radius 1 is 1.38 bits per heavy atom. The quantitative estimate of drug-likeness (QED) is 0.629. The van der Waals surface area contributed by atoms with Crippen molar-refractivity contribution in [2.45, 2.75) is 37.5 Å². The molecule has 1 aromatic carbocycles. The van der Waals surface area contributed by atoms with Crippen LogP contribution in [-0.2, 0) is 0 Å². The van der Waals surface area contributed by atoms with Crippen LogP contribution in [0.3, 0.4) is 0 Å². The molecule has 1 N–H and O–H groups in total. The lowest BCUT2D eigenvalue weighted by atomic mass is 10.2. The summed E-state index contributed by atoms with van der Waals surface area (Å²) in [5.41, 5.74) is 0.989. The lowest BCUT2D eigenvalue weighted by Gasteiger charge is -2.16. The van der Waals surface area contributed by atoms with E-state index in [1.165, 1.54) is 19.3 Å². The third-order valence-corrected chi connectivity index (χ3v) is 3.61. The minimum Gasteiger partial charge on any atom is -0.314 e. The number of rotatable bonds is 4. The van der Waals surface area contributed by atoms with Gasteiger partial charge in [0.15, 0.2) is 0 Å². The van der Waals surface area contributed by atoms with Crippen molar-refractivity contribution in [2.24, 2.45) is 4.99 Å². The molecular weight excluding hydrogens is 240 g/mol. The van der Waals surface area contributed by atoms with E-state index in [0.29, 0.717) is 0 Å². The molecule has 16 heavy (non-hydrogen) atoms. The summed E-state index contributed by atoms with van der Waals surface area (Å²) in [6.45, 7) is 2.21. The first-order chi connectivity index (χ1) is 7.79. The summed E-state index contributed by atoms with van der Waals surface area (Å²) in [5.74, 6) is 1.06. The Morgan fingerprint density at radius 3 is 3.06 bits per heavy atom. The van der Waals surface area contributed by atoms with Gasteiger partial charge in [0.05, 0.1) is 10.6 Å². The largest absolute Gasteiger partial charge is 0.314 e. The van der Waals surface area contributed by atoms with Crippen LogP contribution in [0.25, 0.3) is 0 Å². The van der Waals surface area contributed by atoms with Crippen LogP contribution in [0.15, 0.2) is 28.1 Å². The van der Waals surface area contributed by atoms with E-state index in [-0.39, 0.29) is 0 Å². The topological polar surface area (TPSA) is 24.4 Å². The van der Waals surface area contributed by atoms with Gasteiger partial charge in [0.25, 0.3) is 0 Å². The Labute approximate surface area is 106 Å². The molecule has 0 aromatic heterocycles. The zero-order chi connectivity index (χ0) is 11.4. The van der Waals surface area contributed by atoms with Crippen molar-refractivity contribution in [1.29, 1.82) is 0 Å². The van der Waals surface area contributed by atoms with E-state index in [0.717, 1.165) is 27.9 Å². The molecule has 0 atom stereocenters. The number of amidine groups is 1. The maximum absolute atomic E-state index is 5.95. The molecule has 4 heteroatoms. The minimum absolute atomic E-state index is 0.748. The van der Waals surface area contributed by atoms with Crippen LogP contribution < -0.4 is 4.72 Å². The van der Waals surface area contributed by atoms with E-state index >= 15 is 0 Å². The second-order valence-electron chi connectivity index (χ2n) is 3.83. The smallest absolute Gasteiger partial charge is 0.112 e. The highest BCUT2D eigenvalue weighted by molar-refractivity contribution is 7.98. The van der Waals surface area contributed by atoms with Crippen molar-refractivity contribution >= 4 is 35.1 Å². The van der Waals surface area contributed by atoms with Crippen molar-refractivity contribution < 1.29 is 0 Å². The van der Waals surface area contributed by atoms with Gasteiger partial charge in [0.2, 0.25) is 0 Å². The minimum atomic E-state index is 0.748. The van der Waals surface area contributed by atoms with E-state index < -0.39 is 0 Å². The molecule has 0 bridgehead atoms. The van der Waals surface area contributed by atoms with Gasteiger partial charge in [-0.15, -0.1) is 0 Å². The van der Waals surface area contributed by atoms with Gasteiger partial charge in [-0.25, -0.2) is 4.99 Å². The second kappa shape index (κ2) is 5.60. The van der Waals surface area contributed by atoms with Crippen LogP contribution in [0.2, 0.25) is 5.02 Å². The zero-order valence-corrected chi connectivity index (χ0v) is 10.9. The number of benzene rings is 1. The van der Waals surface area contributed by atoms with Crippen LogP contribution in [0.5, 0.6) is 0 Å².